The van der Waals surface area contributed by atoms with Crippen molar-refractivity contribution in [1.29, 1.82) is 5.26 Å². The quantitative estimate of drug-likeness (QED) is 0.685. The van der Waals surface area contributed by atoms with Gasteiger partial charge < -0.3 is 4.90 Å². The van der Waals surface area contributed by atoms with Gasteiger partial charge in [-0.15, -0.1) is 0 Å². The number of aromatic nitrogens is 2. The van der Waals surface area contributed by atoms with Crippen molar-refractivity contribution in [2.75, 3.05) is 18.0 Å². The molecule has 5 rings (SSSR count). The van der Waals surface area contributed by atoms with Crippen molar-refractivity contribution in [1.82, 2.24) is 9.38 Å². The summed E-state index contributed by atoms with van der Waals surface area (Å²) < 4.78 is 2.27. The molecule has 1 aromatic carbocycles. The van der Waals surface area contributed by atoms with E-state index in [9.17, 15) is 5.26 Å². The molecule has 1 fully saturated rings. The number of anilines is 1. The summed E-state index contributed by atoms with van der Waals surface area (Å²) in [4.78, 5) is 7.36. The van der Waals surface area contributed by atoms with Crippen molar-refractivity contribution in [2.45, 2.75) is 38.5 Å². The van der Waals surface area contributed by atoms with Gasteiger partial charge >= 0.3 is 0 Å². The average Bonchev–Trinajstić information content (AvgIpc) is 3.27. The number of hydrogen-bond acceptors (Lipinski definition) is 3. The van der Waals surface area contributed by atoms with E-state index in [1.165, 1.54) is 42.6 Å². The van der Waals surface area contributed by atoms with E-state index >= 15 is 0 Å². The predicted octanol–water partition coefficient (Wildman–Crippen LogP) is 3.84. The molecule has 1 aliphatic carbocycles. The summed E-state index contributed by atoms with van der Waals surface area (Å²) in [7, 11) is 0. The van der Waals surface area contributed by atoms with Crippen LogP contribution in [-0.2, 0) is 12.8 Å². The lowest BCUT2D eigenvalue weighted by molar-refractivity contribution is 0.676. The monoisotopic (exact) mass is 316 g/mol. The first-order chi connectivity index (χ1) is 11.9. The molecule has 0 bridgehead atoms. The van der Waals surface area contributed by atoms with Crippen LogP contribution >= 0.6 is 0 Å². The number of hydrogen-bond donors (Lipinski definition) is 0. The lowest BCUT2D eigenvalue weighted by Gasteiger charge is -2.28. The molecule has 1 aliphatic heterocycles. The summed E-state index contributed by atoms with van der Waals surface area (Å²) in [5, 5.41) is 9.86. The Morgan fingerprint density at radius 2 is 1.71 bits per heavy atom. The Hall–Kier alpha value is -2.54. The molecule has 0 saturated carbocycles. The van der Waals surface area contributed by atoms with Crippen molar-refractivity contribution in [3.05, 3.63) is 41.0 Å². The van der Waals surface area contributed by atoms with Gasteiger partial charge in [0.2, 0.25) is 0 Å². The van der Waals surface area contributed by atoms with Crippen LogP contribution in [0.3, 0.4) is 0 Å². The molecule has 3 aromatic rings. The molecule has 3 heterocycles. The van der Waals surface area contributed by atoms with Crippen LogP contribution in [0.25, 0.3) is 16.7 Å². The van der Waals surface area contributed by atoms with E-state index in [0.29, 0.717) is 0 Å². The predicted molar refractivity (Wildman–Crippen MR) is 95.5 cm³/mol. The highest BCUT2D eigenvalue weighted by atomic mass is 15.2. The van der Waals surface area contributed by atoms with Gasteiger partial charge in [0.15, 0.2) is 5.65 Å². The third-order valence-corrected chi connectivity index (χ3v) is 5.55. The Labute approximate surface area is 141 Å². The van der Waals surface area contributed by atoms with Crippen LogP contribution in [0.15, 0.2) is 24.3 Å². The molecule has 4 nitrogen and oxygen atoms in total. The Bertz CT molecular complexity index is 986. The van der Waals surface area contributed by atoms with Crippen LogP contribution in [-0.4, -0.2) is 22.5 Å². The fraction of sp³-hybridized carbons (Fsp3) is 0.400. The van der Waals surface area contributed by atoms with E-state index in [0.717, 1.165) is 48.2 Å². The SMILES string of the molecule is N#Cc1c2c(c(N3CCCC3)n3c1nc1ccccc13)CCCC2. The molecular formula is C20H20N4. The maximum Gasteiger partial charge on any atom is 0.157 e. The van der Waals surface area contributed by atoms with Gasteiger partial charge in [-0.3, -0.25) is 4.40 Å². The standard InChI is InChI=1S/C20H20N4/c21-13-16-14-7-1-2-8-15(14)20(23-11-5-6-12-23)24-18-10-4-3-9-17(18)22-19(16)24/h3-4,9-10H,1-2,5-8,11-12H2. The molecule has 4 heteroatoms. The first-order valence-corrected chi connectivity index (χ1v) is 8.98. The maximum atomic E-state index is 9.86. The van der Waals surface area contributed by atoms with Gasteiger partial charge in [0.1, 0.15) is 11.9 Å². The van der Waals surface area contributed by atoms with Gasteiger partial charge in [0.25, 0.3) is 0 Å². The minimum Gasteiger partial charge on any atom is -0.357 e. The number of rotatable bonds is 1. The zero-order valence-corrected chi connectivity index (χ0v) is 13.8. The Kier molecular flexibility index (Phi) is 3.02. The highest BCUT2D eigenvalue weighted by Gasteiger charge is 2.28. The van der Waals surface area contributed by atoms with Crippen molar-refractivity contribution in [3.8, 4) is 6.07 Å². The summed E-state index contributed by atoms with van der Waals surface area (Å²) in [6.45, 7) is 2.22. The van der Waals surface area contributed by atoms with Crippen LogP contribution in [0.4, 0.5) is 5.82 Å². The van der Waals surface area contributed by atoms with Gasteiger partial charge in [-0.25, -0.2) is 4.98 Å². The van der Waals surface area contributed by atoms with Gasteiger partial charge in [-0.2, -0.15) is 5.26 Å². The topological polar surface area (TPSA) is 44.3 Å². The first-order valence-electron chi connectivity index (χ1n) is 8.98. The number of nitrogens with zero attached hydrogens (tertiary/aromatic N) is 4. The van der Waals surface area contributed by atoms with E-state index in [1.54, 1.807) is 0 Å². The molecule has 0 unspecified atom stereocenters. The fourth-order valence-electron chi connectivity index (χ4n) is 4.48. The highest BCUT2D eigenvalue weighted by Crippen LogP contribution is 2.38. The van der Waals surface area contributed by atoms with Crippen LogP contribution in [0, 0.1) is 11.3 Å². The van der Waals surface area contributed by atoms with Crippen molar-refractivity contribution in [3.63, 3.8) is 0 Å². The van der Waals surface area contributed by atoms with Gasteiger partial charge in [-0.05, 0) is 61.8 Å². The molecule has 120 valence electrons. The van der Waals surface area contributed by atoms with Crippen molar-refractivity contribution in [2.24, 2.45) is 0 Å². The third kappa shape index (κ3) is 1.81. The molecule has 0 radical (unpaired) electrons. The molecule has 2 aliphatic rings. The second kappa shape index (κ2) is 5.24. The number of fused-ring (bicyclic) bond motifs is 4. The summed E-state index contributed by atoms with van der Waals surface area (Å²) in [6, 6.07) is 10.7. The number of pyridine rings is 1. The second-order valence-electron chi connectivity index (χ2n) is 6.93. The molecule has 0 amide bonds. The second-order valence-corrected chi connectivity index (χ2v) is 6.93. The summed E-state index contributed by atoms with van der Waals surface area (Å²) in [6.07, 6.45) is 7.00. The van der Waals surface area contributed by atoms with Gasteiger partial charge in [0.05, 0.1) is 16.6 Å². The van der Waals surface area contributed by atoms with E-state index < -0.39 is 0 Å². The molecule has 0 N–H and O–H groups in total. The lowest BCUT2D eigenvalue weighted by Crippen LogP contribution is -2.25. The Morgan fingerprint density at radius 3 is 2.50 bits per heavy atom. The summed E-state index contributed by atoms with van der Waals surface area (Å²) >= 11 is 0. The van der Waals surface area contributed by atoms with E-state index in [2.05, 4.69) is 33.6 Å². The third-order valence-electron chi connectivity index (χ3n) is 5.55. The Balaban J connectivity index is 1.98. The summed E-state index contributed by atoms with van der Waals surface area (Å²) in [5.41, 5.74) is 6.41. The van der Waals surface area contributed by atoms with E-state index in [-0.39, 0.29) is 0 Å². The normalized spacial score (nSPS) is 17.4. The fourth-order valence-corrected chi connectivity index (χ4v) is 4.48. The number of nitriles is 1. The van der Waals surface area contributed by atoms with Gasteiger partial charge in [-0.1, -0.05) is 12.1 Å². The zero-order valence-electron chi connectivity index (χ0n) is 13.8. The minimum atomic E-state index is 0.795. The maximum absolute atomic E-state index is 9.86. The molecule has 2 aromatic heterocycles. The lowest BCUT2D eigenvalue weighted by atomic mass is 9.89. The minimum absolute atomic E-state index is 0.795. The van der Waals surface area contributed by atoms with Crippen molar-refractivity contribution < 1.29 is 0 Å². The zero-order chi connectivity index (χ0) is 16.1. The van der Waals surface area contributed by atoms with E-state index in [4.69, 9.17) is 4.98 Å². The molecule has 1 saturated heterocycles. The molecular weight excluding hydrogens is 296 g/mol. The highest BCUT2D eigenvalue weighted by molar-refractivity contribution is 5.86. The largest absolute Gasteiger partial charge is 0.357 e. The number of para-hydroxylation sites is 2. The van der Waals surface area contributed by atoms with Crippen LogP contribution in [0.2, 0.25) is 0 Å². The molecule has 0 atom stereocenters. The number of imidazole rings is 1. The smallest absolute Gasteiger partial charge is 0.157 e. The van der Waals surface area contributed by atoms with Gasteiger partial charge in [0, 0.05) is 13.1 Å². The Morgan fingerprint density at radius 1 is 0.958 bits per heavy atom. The molecule has 0 spiro atoms. The molecule has 24 heavy (non-hydrogen) atoms. The van der Waals surface area contributed by atoms with E-state index in [1.807, 2.05) is 6.07 Å². The first kappa shape index (κ1) is 13.9. The van der Waals surface area contributed by atoms with Crippen LogP contribution in [0.5, 0.6) is 0 Å². The van der Waals surface area contributed by atoms with Crippen molar-refractivity contribution >= 4 is 22.5 Å². The van der Waals surface area contributed by atoms with Crippen LogP contribution < -0.4 is 4.90 Å². The van der Waals surface area contributed by atoms with Crippen LogP contribution in [0.1, 0.15) is 42.4 Å². The average molecular weight is 316 g/mol. The number of benzene rings is 1. The summed E-state index contributed by atoms with van der Waals surface area (Å²) in [5.74, 6) is 1.31.